The number of allylic oxidation sites excluding steroid dienone is 1. The van der Waals surface area contributed by atoms with E-state index < -0.39 is 28.0 Å². The lowest BCUT2D eigenvalue weighted by Crippen LogP contribution is -2.68. The predicted octanol–water partition coefficient (Wildman–Crippen LogP) is 0.614. The highest BCUT2D eigenvalue weighted by Gasteiger charge is 2.76. The van der Waals surface area contributed by atoms with Gasteiger partial charge in [0.2, 0.25) is 0 Å². The van der Waals surface area contributed by atoms with Crippen LogP contribution in [-0.2, 0) is 14.2 Å². The quantitative estimate of drug-likeness (QED) is 0.470. The third kappa shape index (κ3) is 2.55. The van der Waals surface area contributed by atoms with Gasteiger partial charge in [-0.2, -0.15) is 0 Å². The molecule has 1 N–H and O–H groups in total. The van der Waals surface area contributed by atoms with E-state index in [9.17, 15) is 5.11 Å². The fourth-order valence-electron chi connectivity index (χ4n) is 4.42. The molecular formula is C16H23B3O4. The third-order valence-electron chi connectivity index (χ3n) is 5.68. The predicted molar refractivity (Wildman–Crippen MR) is 89.8 cm³/mol. The minimum absolute atomic E-state index is 0.0109. The second-order valence-electron chi connectivity index (χ2n) is 7.84. The van der Waals surface area contributed by atoms with Gasteiger partial charge in [0.25, 0.3) is 0 Å². The average Bonchev–Trinajstić information content (AvgIpc) is 3.33. The third-order valence-corrected chi connectivity index (χ3v) is 5.68. The molecule has 2 aliphatic heterocycles. The van der Waals surface area contributed by atoms with Crippen molar-refractivity contribution < 1.29 is 19.3 Å². The van der Waals surface area contributed by atoms with Crippen LogP contribution in [0, 0.1) is 5.92 Å². The Bertz CT molecular complexity index is 529. The summed E-state index contributed by atoms with van der Waals surface area (Å²) in [7, 11) is 20.1. The molecule has 23 heavy (non-hydrogen) atoms. The topological polar surface area (TPSA) is 54.5 Å². The van der Waals surface area contributed by atoms with Gasteiger partial charge >= 0.3 is 0 Å². The second-order valence-corrected chi connectivity index (χ2v) is 7.84. The maximum absolute atomic E-state index is 10.7. The first-order valence-electron chi connectivity index (χ1n) is 8.07. The summed E-state index contributed by atoms with van der Waals surface area (Å²) < 4.78 is 17.3. The molecule has 0 aromatic heterocycles. The molecule has 2 saturated heterocycles. The number of ether oxygens (including phenoxy) is 3. The molecule has 3 fully saturated rings. The summed E-state index contributed by atoms with van der Waals surface area (Å²) in [5.74, 6) is -0.349. The number of epoxide rings is 2. The molecule has 1 saturated carbocycles. The summed E-state index contributed by atoms with van der Waals surface area (Å²) in [5, 5.41) is 9.30. The van der Waals surface area contributed by atoms with Gasteiger partial charge in [0, 0.05) is 13.0 Å². The zero-order valence-electron chi connectivity index (χ0n) is 14.3. The summed E-state index contributed by atoms with van der Waals surface area (Å²) in [6, 6.07) is 0. The summed E-state index contributed by atoms with van der Waals surface area (Å²) in [5.41, 5.74) is -1.32. The van der Waals surface area contributed by atoms with Crippen molar-refractivity contribution in [3.8, 4) is 0 Å². The standard InChI is InChI=1S/C16H23B3O4/c1-9(2)5-6-10-13(3,23-10)11-14(8-22-14)7-15(17,18)12(20)16(11,19)21-4/h5,10-12,20H,6-8H2,1-4H3/t10-,11-,12-,13?,14+,16+/m1/s1. The Balaban J connectivity index is 1.92. The molecule has 1 unspecified atom stereocenters. The molecule has 0 amide bonds. The molecule has 4 nitrogen and oxygen atoms in total. The smallest absolute Gasteiger partial charge is 0.118 e. The van der Waals surface area contributed by atoms with Gasteiger partial charge in [0.05, 0.1) is 45.6 Å². The zero-order chi connectivity index (χ0) is 17.3. The van der Waals surface area contributed by atoms with Crippen LogP contribution in [0.2, 0.25) is 5.21 Å². The number of aliphatic hydroxyl groups is 1. The largest absolute Gasteiger partial charge is 0.392 e. The van der Waals surface area contributed by atoms with Crippen molar-refractivity contribution in [1.29, 1.82) is 0 Å². The Hall–Kier alpha value is -0.225. The van der Waals surface area contributed by atoms with E-state index in [1.165, 1.54) is 12.7 Å². The Labute approximate surface area is 142 Å². The summed E-state index contributed by atoms with van der Waals surface area (Å²) in [6.07, 6.45) is 2.04. The van der Waals surface area contributed by atoms with E-state index in [4.69, 9.17) is 37.7 Å². The molecule has 3 aliphatic rings. The summed E-state index contributed by atoms with van der Waals surface area (Å²) >= 11 is 0. The van der Waals surface area contributed by atoms with Crippen LogP contribution in [0.15, 0.2) is 11.6 Å². The summed E-state index contributed by atoms with van der Waals surface area (Å²) in [6.45, 7) is 6.60. The van der Waals surface area contributed by atoms with Gasteiger partial charge in [0.15, 0.2) is 0 Å². The van der Waals surface area contributed by atoms with Gasteiger partial charge < -0.3 is 19.3 Å². The monoisotopic (exact) mass is 312 g/mol. The van der Waals surface area contributed by atoms with E-state index in [0.29, 0.717) is 13.0 Å². The van der Waals surface area contributed by atoms with E-state index >= 15 is 0 Å². The van der Waals surface area contributed by atoms with Crippen molar-refractivity contribution >= 4 is 23.5 Å². The van der Waals surface area contributed by atoms with Crippen molar-refractivity contribution in [2.75, 3.05) is 13.7 Å². The highest BCUT2D eigenvalue weighted by molar-refractivity contribution is 6.41. The van der Waals surface area contributed by atoms with E-state index in [1.54, 1.807) is 0 Å². The van der Waals surface area contributed by atoms with E-state index in [1.807, 2.05) is 6.92 Å². The SMILES string of the molecule is [B]C1([B])C[C@]2(CO2)[C@@H](C2(C)O[C@@H]2CC=C(C)C)[C@]([B])(OC)[C@@H]1O. The van der Waals surface area contributed by atoms with E-state index in [2.05, 4.69) is 19.9 Å². The second kappa shape index (κ2) is 5.14. The first-order valence-corrected chi connectivity index (χ1v) is 8.07. The maximum Gasteiger partial charge on any atom is 0.118 e. The van der Waals surface area contributed by atoms with Gasteiger partial charge in [-0.1, -0.05) is 16.9 Å². The maximum atomic E-state index is 10.7. The molecule has 7 heteroatoms. The van der Waals surface area contributed by atoms with Crippen molar-refractivity contribution in [3.63, 3.8) is 0 Å². The van der Waals surface area contributed by atoms with Crippen LogP contribution >= 0.6 is 0 Å². The number of methoxy groups -OCH3 is 1. The molecule has 1 spiro atoms. The average molecular weight is 312 g/mol. The van der Waals surface area contributed by atoms with E-state index in [0.717, 1.165) is 6.42 Å². The molecule has 3 rings (SSSR count). The Kier molecular flexibility index (Phi) is 3.93. The van der Waals surface area contributed by atoms with Crippen LogP contribution in [0.5, 0.6) is 0 Å². The molecule has 2 heterocycles. The normalized spacial score (nSPS) is 50.6. The lowest BCUT2D eigenvalue weighted by molar-refractivity contribution is -0.150. The zero-order valence-corrected chi connectivity index (χ0v) is 14.3. The fraction of sp³-hybridized carbons (Fsp3) is 0.875. The molecular weight excluding hydrogens is 289 g/mol. The van der Waals surface area contributed by atoms with Gasteiger partial charge in [-0.3, -0.25) is 0 Å². The minimum atomic E-state index is -1.42. The molecule has 0 aromatic rings. The number of hydrogen-bond donors (Lipinski definition) is 1. The van der Waals surface area contributed by atoms with Crippen LogP contribution in [0.1, 0.15) is 33.6 Å². The number of aliphatic hydroxyl groups excluding tert-OH is 1. The number of rotatable bonds is 4. The van der Waals surface area contributed by atoms with Crippen LogP contribution in [0.4, 0.5) is 0 Å². The van der Waals surface area contributed by atoms with Crippen molar-refractivity contribution in [1.82, 2.24) is 0 Å². The molecule has 6 atom stereocenters. The van der Waals surface area contributed by atoms with Crippen molar-refractivity contribution in [2.24, 2.45) is 5.92 Å². The van der Waals surface area contributed by atoms with Gasteiger partial charge in [-0.25, -0.2) is 0 Å². The van der Waals surface area contributed by atoms with E-state index in [-0.39, 0.29) is 12.0 Å². The first-order chi connectivity index (χ1) is 10.5. The Morgan fingerprint density at radius 2 is 1.96 bits per heavy atom. The van der Waals surface area contributed by atoms with Crippen LogP contribution in [0.25, 0.3) is 0 Å². The lowest BCUT2D eigenvalue weighted by atomic mass is 9.37. The molecule has 6 radical (unpaired) electrons. The Morgan fingerprint density at radius 3 is 2.43 bits per heavy atom. The first kappa shape index (κ1) is 17.6. The van der Waals surface area contributed by atoms with Crippen LogP contribution in [-0.4, -0.2) is 71.3 Å². The van der Waals surface area contributed by atoms with Crippen molar-refractivity contribution in [2.45, 2.75) is 67.7 Å². The summed E-state index contributed by atoms with van der Waals surface area (Å²) in [4.78, 5) is 0. The highest BCUT2D eigenvalue weighted by Crippen LogP contribution is 2.65. The van der Waals surface area contributed by atoms with Gasteiger partial charge in [-0.15, -0.1) is 0 Å². The van der Waals surface area contributed by atoms with Gasteiger partial charge in [0.1, 0.15) is 13.4 Å². The lowest BCUT2D eigenvalue weighted by Gasteiger charge is -2.56. The fourth-order valence-corrected chi connectivity index (χ4v) is 4.42. The van der Waals surface area contributed by atoms with Crippen molar-refractivity contribution in [3.05, 3.63) is 11.6 Å². The molecule has 0 aromatic carbocycles. The van der Waals surface area contributed by atoms with Gasteiger partial charge in [-0.05, 0) is 33.6 Å². The van der Waals surface area contributed by atoms with Crippen LogP contribution < -0.4 is 0 Å². The minimum Gasteiger partial charge on any atom is -0.392 e. The highest BCUT2D eigenvalue weighted by atomic mass is 16.6. The Morgan fingerprint density at radius 1 is 1.35 bits per heavy atom. The van der Waals surface area contributed by atoms with Crippen LogP contribution in [0.3, 0.4) is 0 Å². The molecule has 1 aliphatic carbocycles. The molecule has 120 valence electrons. The number of hydrogen-bond acceptors (Lipinski definition) is 4. The molecule has 0 bridgehead atoms.